The molecule has 0 spiro atoms. The molecule has 0 aliphatic heterocycles. The van der Waals surface area contributed by atoms with E-state index in [-0.39, 0.29) is 15.6 Å². The summed E-state index contributed by atoms with van der Waals surface area (Å²) in [4.78, 5) is 10.7. The molecule has 0 aromatic heterocycles. The van der Waals surface area contributed by atoms with Gasteiger partial charge in [-0.25, -0.2) is 4.79 Å². The normalized spacial score (nSPS) is 15.2. The molecule has 0 fully saturated rings. The van der Waals surface area contributed by atoms with Crippen LogP contribution in [0, 0.1) is 0 Å². The Morgan fingerprint density at radius 3 is 2.33 bits per heavy atom. The summed E-state index contributed by atoms with van der Waals surface area (Å²) in [5, 5.41) is 8.78. The molecular formula is C10H8Cl2F3NO2. The average Bonchev–Trinajstić information content (AvgIpc) is 2.21. The van der Waals surface area contributed by atoms with E-state index in [1.165, 1.54) is 12.1 Å². The molecule has 0 bridgehead atoms. The number of carboxylic acid groups (broad SMARTS) is 1. The number of rotatable bonds is 3. The largest absolute Gasteiger partial charge is 0.480 e. The van der Waals surface area contributed by atoms with Crippen molar-refractivity contribution in [2.24, 2.45) is 5.73 Å². The van der Waals surface area contributed by atoms with Crippen LogP contribution in [0.5, 0.6) is 0 Å². The first-order chi connectivity index (χ1) is 8.08. The number of hydrogen-bond acceptors (Lipinski definition) is 2. The Labute approximate surface area is 110 Å². The van der Waals surface area contributed by atoms with Crippen LogP contribution < -0.4 is 5.73 Å². The molecule has 8 heteroatoms. The number of carbonyl (C=O) groups is 1. The minimum absolute atomic E-state index is 0.0280. The van der Waals surface area contributed by atoms with Gasteiger partial charge in [-0.05, 0) is 23.8 Å². The first kappa shape index (κ1) is 15.1. The Morgan fingerprint density at radius 2 is 1.89 bits per heavy atom. The van der Waals surface area contributed by atoms with Crippen LogP contribution in [0.25, 0.3) is 0 Å². The molecule has 100 valence electrons. The minimum Gasteiger partial charge on any atom is -0.480 e. The van der Waals surface area contributed by atoms with Crippen LogP contribution >= 0.6 is 23.2 Å². The second-order valence-corrected chi connectivity index (χ2v) is 4.53. The Morgan fingerprint density at radius 1 is 1.33 bits per heavy atom. The highest BCUT2D eigenvalue weighted by Crippen LogP contribution is 2.34. The molecule has 1 atom stereocenters. The standard InChI is InChI=1S/C10H8Cl2F3NO2/c11-6-1-2-7(12)5(3-6)4-9(16,8(17)18)10(13,14)15/h1-3H,4,16H2,(H,17,18). The second kappa shape index (κ2) is 4.95. The summed E-state index contributed by atoms with van der Waals surface area (Å²) in [6.45, 7) is 0. The molecule has 3 nitrogen and oxygen atoms in total. The van der Waals surface area contributed by atoms with Crippen LogP contribution in [0.15, 0.2) is 18.2 Å². The molecule has 0 amide bonds. The quantitative estimate of drug-likeness (QED) is 0.902. The number of benzene rings is 1. The van der Waals surface area contributed by atoms with E-state index >= 15 is 0 Å². The lowest BCUT2D eigenvalue weighted by Crippen LogP contribution is -2.61. The van der Waals surface area contributed by atoms with Crippen LogP contribution in [0.1, 0.15) is 5.56 Å². The van der Waals surface area contributed by atoms with E-state index in [2.05, 4.69) is 0 Å². The number of nitrogens with two attached hydrogens (primary N) is 1. The van der Waals surface area contributed by atoms with Crippen molar-refractivity contribution in [1.29, 1.82) is 0 Å². The van der Waals surface area contributed by atoms with Crippen LogP contribution in [-0.2, 0) is 11.2 Å². The van der Waals surface area contributed by atoms with Gasteiger partial charge in [-0.15, -0.1) is 0 Å². The van der Waals surface area contributed by atoms with Gasteiger partial charge in [0.1, 0.15) is 0 Å². The maximum atomic E-state index is 12.7. The highest BCUT2D eigenvalue weighted by atomic mass is 35.5. The van der Waals surface area contributed by atoms with Crippen molar-refractivity contribution in [2.45, 2.75) is 18.1 Å². The maximum absolute atomic E-state index is 12.7. The third kappa shape index (κ3) is 2.88. The maximum Gasteiger partial charge on any atom is 0.417 e. The van der Waals surface area contributed by atoms with Gasteiger partial charge in [-0.3, -0.25) is 0 Å². The smallest absolute Gasteiger partial charge is 0.417 e. The summed E-state index contributed by atoms with van der Waals surface area (Å²) >= 11 is 11.3. The van der Waals surface area contributed by atoms with Crippen LogP contribution in [0.2, 0.25) is 10.0 Å². The second-order valence-electron chi connectivity index (χ2n) is 3.69. The van der Waals surface area contributed by atoms with Gasteiger partial charge in [0.2, 0.25) is 5.54 Å². The highest BCUT2D eigenvalue weighted by Gasteiger charge is 2.58. The Hall–Kier alpha value is -0.980. The molecule has 0 saturated carbocycles. The van der Waals surface area contributed by atoms with Gasteiger partial charge in [0.25, 0.3) is 0 Å². The Balaban J connectivity index is 3.20. The molecule has 1 unspecified atom stereocenters. The fourth-order valence-corrected chi connectivity index (χ4v) is 1.66. The molecule has 1 aromatic carbocycles. The Bertz CT molecular complexity index is 479. The minimum atomic E-state index is -5.11. The molecule has 0 aliphatic rings. The molecular weight excluding hydrogens is 294 g/mol. The van der Waals surface area contributed by atoms with Gasteiger partial charge in [0, 0.05) is 16.5 Å². The SMILES string of the molecule is NC(Cc1cc(Cl)ccc1Cl)(C(=O)O)C(F)(F)F. The summed E-state index contributed by atoms with van der Waals surface area (Å²) in [5.41, 5.74) is 1.46. The topological polar surface area (TPSA) is 63.3 Å². The molecule has 18 heavy (non-hydrogen) atoms. The van der Waals surface area contributed by atoms with Gasteiger partial charge < -0.3 is 10.8 Å². The first-order valence-corrected chi connectivity index (χ1v) is 5.36. The molecule has 1 aromatic rings. The van der Waals surface area contributed by atoms with Gasteiger partial charge >= 0.3 is 12.1 Å². The highest BCUT2D eigenvalue weighted by molar-refractivity contribution is 6.33. The van der Waals surface area contributed by atoms with Crippen molar-refractivity contribution < 1.29 is 23.1 Å². The molecule has 0 heterocycles. The Kier molecular flexibility index (Phi) is 4.15. The summed E-state index contributed by atoms with van der Waals surface area (Å²) in [6, 6.07) is 3.80. The third-order valence-electron chi connectivity index (χ3n) is 2.36. The molecule has 0 radical (unpaired) electrons. The molecule has 0 saturated heterocycles. The third-order valence-corrected chi connectivity index (χ3v) is 2.97. The predicted molar refractivity (Wildman–Crippen MR) is 60.8 cm³/mol. The van der Waals surface area contributed by atoms with Gasteiger partial charge in [0.05, 0.1) is 0 Å². The lowest BCUT2D eigenvalue weighted by atomic mass is 9.91. The fraction of sp³-hybridized carbons (Fsp3) is 0.300. The number of halogens is 5. The summed E-state index contributed by atoms with van der Waals surface area (Å²) in [6.07, 6.45) is -6.10. The lowest BCUT2D eigenvalue weighted by molar-refractivity contribution is -0.201. The first-order valence-electron chi connectivity index (χ1n) is 4.61. The van der Waals surface area contributed by atoms with Gasteiger partial charge in [0.15, 0.2) is 0 Å². The van der Waals surface area contributed by atoms with Crippen LogP contribution in [0.3, 0.4) is 0 Å². The molecule has 3 N–H and O–H groups in total. The van der Waals surface area contributed by atoms with Crippen LogP contribution in [0.4, 0.5) is 13.2 Å². The van der Waals surface area contributed by atoms with E-state index in [4.69, 9.17) is 34.0 Å². The van der Waals surface area contributed by atoms with Crippen molar-refractivity contribution in [3.63, 3.8) is 0 Å². The van der Waals surface area contributed by atoms with E-state index in [1.807, 2.05) is 0 Å². The molecule has 1 rings (SSSR count). The van der Waals surface area contributed by atoms with Crippen molar-refractivity contribution in [3.8, 4) is 0 Å². The number of aliphatic carboxylic acids is 1. The predicted octanol–water partition coefficient (Wildman–Crippen LogP) is 2.88. The summed E-state index contributed by atoms with van der Waals surface area (Å²) in [5.74, 6) is -2.17. The fourth-order valence-electron chi connectivity index (χ4n) is 1.28. The lowest BCUT2D eigenvalue weighted by Gasteiger charge is -2.27. The number of carboxylic acids is 1. The number of alkyl halides is 3. The average molecular weight is 302 g/mol. The zero-order valence-electron chi connectivity index (χ0n) is 8.76. The van der Waals surface area contributed by atoms with Crippen molar-refractivity contribution in [1.82, 2.24) is 0 Å². The summed E-state index contributed by atoms with van der Waals surface area (Å²) in [7, 11) is 0. The van der Waals surface area contributed by atoms with Gasteiger partial charge in [-0.1, -0.05) is 23.2 Å². The van der Waals surface area contributed by atoms with Crippen molar-refractivity contribution in [3.05, 3.63) is 33.8 Å². The van der Waals surface area contributed by atoms with Crippen molar-refractivity contribution >= 4 is 29.2 Å². The number of hydrogen-bond donors (Lipinski definition) is 2. The zero-order valence-corrected chi connectivity index (χ0v) is 10.3. The van der Waals surface area contributed by atoms with Crippen molar-refractivity contribution in [2.75, 3.05) is 0 Å². The van der Waals surface area contributed by atoms with Gasteiger partial charge in [-0.2, -0.15) is 13.2 Å². The zero-order chi connectivity index (χ0) is 14.1. The van der Waals surface area contributed by atoms with E-state index in [0.717, 1.165) is 6.07 Å². The van der Waals surface area contributed by atoms with E-state index in [1.54, 1.807) is 0 Å². The van der Waals surface area contributed by atoms with E-state index < -0.39 is 24.1 Å². The van der Waals surface area contributed by atoms with E-state index in [0.29, 0.717) is 0 Å². The summed E-state index contributed by atoms with van der Waals surface area (Å²) < 4.78 is 38.1. The monoisotopic (exact) mass is 301 g/mol. The van der Waals surface area contributed by atoms with E-state index in [9.17, 15) is 18.0 Å². The molecule has 0 aliphatic carbocycles. The van der Waals surface area contributed by atoms with Crippen LogP contribution in [-0.4, -0.2) is 22.8 Å².